The molecule has 3 rings (SSSR count). The highest BCUT2D eigenvalue weighted by atomic mass is 19.1. The van der Waals surface area contributed by atoms with Gasteiger partial charge in [-0.3, -0.25) is 5.10 Å². The Bertz CT molecular complexity index is 728. The fraction of sp³-hybridized carbons (Fsp3) is 0.474. The summed E-state index contributed by atoms with van der Waals surface area (Å²) in [6.07, 6.45) is 4.07. The Balaban J connectivity index is 1.61. The third-order valence-electron chi connectivity index (χ3n) is 4.29. The van der Waals surface area contributed by atoms with Crippen LogP contribution in [0.5, 0.6) is 5.75 Å². The molecule has 1 heterocycles. The zero-order valence-corrected chi connectivity index (χ0v) is 15.3. The van der Waals surface area contributed by atoms with Crippen molar-refractivity contribution in [2.24, 2.45) is 10.9 Å². The Morgan fingerprint density at radius 1 is 1.42 bits per heavy atom. The summed E-state index contributed by atoms with van der Waals surface area (Å²) >= 11 is 0. The van der Waals surface area contributed by atoms with E-state index < -0.39 is 0 Å². The smallest absolute Gasteiger partial charge is 0.192 e. The molecule has 2 aromatic rings. The van der Waals surface area contributed by atoms with Crippen molar-refractivity contribution < 1.29 is 9.13 Å². The number of benzene rings is 1. The van der Waals surface area contributed by atoms with E-state index in [0.717, 1.165) is 17.8 Å². The maximum absolute atomic E-state index is 14.3. The van der Waals surface area contributed by atoms with Gasteiger partial charge in [0.05, 0.1) is 24.9 Å². The zero-order chi connectivity index (χ0) is 18.4. The average Bonchev–Trinajstić information content (AvgIpc) is 3.31. The first-order chi connectivity index (χ1) is 12.7. The molecule has 1 aliphatic rings. The van der Waals surface area contributed by atoms with Crippen LogP contribution in [0.2, 0.25) is 0 Å². The Morgan fingerprint density at radius 3 is 2.92 bits per heavy atom. The van der Waals surface area contributed by atoms with Gasteiger partial charge < -0.3 is 15.4 Å². The van der Waals surface area contributed by atoms with E-state index in [4.69, 9.17) is 4.74 Å². The van der Waals surface area contributed by atoms with Crippen LogP contribution in [0.3, 0.4) is 0 Å². The van der Waals surface area contributed by atoms with Crippen LogP contribution in [-0.4, -0.2) is 29.3 Å². The first kappa shape index (κ1) is 18.2. The van der Waals surface area contributed by atoms with Crippen molar-refractivity contribution in [1.82, 2.24) is 20.8 Å². The van der Waals surface area contributed by atoms with Crippen LogP contribution in [0.25, 0.3) is 0 Å². The highest BCUT2D eigenvalue weighted by Gasteiger charge is 2.22. The van der Waals surface area contributed by atoms with Crippen molar-refractivity contribution in [3.63, 3.8) is 0 Å². The first-order valence-electron chi connectivity index (χ1n) is 9.11. The van der Waals surface area contributed by atoms with Gasteiger partial charge >= 0.3 is 0 Å². The number of aromatic nitrogens is 2. The van der Waals surface area contributed by atoms with Crippen LogP contribution in [0.1, 0.15) is 44.0 Å². The number of aromatic amines is 1. The third-order valence-corrected chi connectivity index (χ3v) is 4.29. The fourth-order valence-corrected chi connectivity index (χ4v) is 2.54. The lowest BCUT2D eigenvalue weighted by Crippen LogP contribution is -2.38. The Labute approximate surface area is 153 Å². The second kappa shape index (κ2) is 8.69. The molecular weight excluding hydrogens is 333 g/mol. The van der Waals surface area contributed by atoms with Crippen LogP contribution >= 0.6 is 0 Å². The van der Waals surface area contributed by atoms with Crippen LogP contribution < -0.4 is 15.4 Å². The number of halogens is 1. The summed E-state index contributed by atoms with van der Waals surface area (Å²) in [6, 6.07) is 6.91. The van der Waals surface area contributed by atoms with E-state index in [2.05, 4.69) is 25.8 Å². The molecule has 0 aliphatic heterocycles. The number of guanidine groups is 1. The molecule has 1 aliphatic carbocycles. The predicted octanol–water partition coefficient (Wildman–Crippen LogP) is 3.15. The molecular formula is C19H26FN5O. The Morgan fingerprint density at radius 2 is 2.27 bits per heavy atom. The lowest BCUT2D eigenvalue weighted by atomic mass is 10.1. The van der Waals surface area contributed by atoms with Crippen molar-refractivity contribution in [2.45, 2.75) is 39.3 Å². The molecule has 3 N–H and O–H groups in total. The maximum atomic E-state index is 14.3. The minimum atomic E-state index is -0.323. The quantitative estimate of drug-likeness (QED) is 0.500. The van der Waals surface area contributed by atoms with Crippen molar-refractivity contribution >= 4 is 5.96 Å². The second-order valence-corrected chi connectivity index (χ2v) is 6.59. The van der Waals surface area contributed by atoms with Gasteiger partial charge in [0.15, 0.2) is 17.5 Å². The summed E-state index contributed by atoms with van der Waals surface area (Å²) in [5, 5.41) is 13.3. The minimum Gasteiger partial charge on any atom is -0.490 e. The monoisotopic (exact) mass is 359 g/mol. The van der Waals surface area contributed by atoms with Crippen LogP contribution in [0.15, 0.2) is 35.5 Å². The van der Waals surface area contributed by atoms with E-state index in [1.165, 1.54) is 18.9 Å². The van der Waals surface area contributed by atoms with Crippen molar-refractivity contribution in [1.29, 1.82) is 0 Å². The number of nitrogens with zero attached hydrogens (tertiary/aromatic N) is 2. The molecule has 1 atom stereocenters. The largest absolute Gasteiger partial charge is 0.490 e. The molecule has 1 aromatic heterocycles. The summed E-state index contributed by atoms with van der Waals surface area (Å²) in [6.45, 7) is 5.81. The van der Waals surface area contributed by atoms with Gasteiger partial charge in [-0.1, -0.05) is 6.07 Å². The molecule has 1 aromatic carbocycles. The average molecular weight is 359 g/mol. The minimum absolute atomic E-state index is 0.0958. The Kier molecular flexibility index (Phi) is 6.09. The zero-order valence-electron chi connectivity index (χ0n) is 15.3. The van der Waals surface area contributed by atoms with Crippen molar-refractivity contribution in [3.8, 4) is 5.75 Å². The summed E-state index contributed by atoms with van der Waals surface area (Å²) in [5.41, 5.74) is 1.77. The SMILES string of the molecule is CCNC(=NCc1ccn[nH]1)NC(C)c1ccc(OCC2CC2)c(F)c1. The number of rotatable bonds is 8. The van der Waals surface area contributed by atoms with E-state index >= 15 is 0 Å². The maximum Gasteiger partial charge on any atom is 0.192 e. The summed E-state index contributed by atoms with van der Waals surface area (Å²) < 4.78 is 19.8. The van der Waals surface area contributed by atoms with Gasteiger partial charge in [0.25, 0.3) is 0 Å². The van der Waals surface area contributed by atoms with Crippen molar-refractivity contribution in [2.75, 3.05) is 13.2 Å². The second-order valence-electron chi connectivity index (χ2n) is 6.59. The first-order valence-corrected chi connectivity index (χ1v) is 9.11. The number of hydrogen-bond acceptors (Lipinski definition) is 3. The molecule has 0 amide bonds. The molecule has 1 fully saturated rings. The van der Waals surface area contributed by atoms with E-state index in [1.807, 2.05) is 26.0 Å². The van der Waals surface area contributed by atoms with E-state index in [-0.39, 0.29) is 11.9 Å². The molecule has 140 valence electrons. The van der Waals surface area contributed by atoms with Crippen LogP contribution in [0, 0.1) is 11.7 Å². The lowest BCUT2D eigenvalue weighted by molar-refractivity contribution is 0.285. The number of hydrogen-bond donors (Lipinski definition) is 3. The fourth-order valence-electron chi connectivity index (χ4n) is 2.54. The molecule has 26 heavy (non-hydrogen) atoms. The normalized spacial score (nSPS) is 15.6. The van der Waals surface area contributed by atoms with Gasteiger partial charge in [0, 0.05) is 12.7 Å². The number of aliphatic imine (C=N–C) groups is 1. The van der Waals surface area contributed by atoms with Gasteiger partial charge in [-0.15, -0.1) is 0 Å². The molecule has 6 nitrogen and oxygen atoms in total. The van der Waals surface area contributed by atoms with Gasteiger partial charge in [0.2, 0.25) is 0 Å². The van der Waals surface area contributed by atoms with Gasteiger partial charge in [-0.2, -0.15) is 5.10 Å². The molecule has 0 saturated heterocycles. The third kappa shape index (κ3) is 5.21. The van der Waals surface area contributed by atoms with Crippen molar-refractivity contribution in [3.05, 3.63) is 47.5 Å². The lowest BCUT2D eigenvalue weighted by Gasteiger charge is -2.19. The van der Waals surface area contributed by atoms with E-state index in [1.54, 1.807) is 12.3 Å². The molecule has 0 radical (unpaired) electrons. The van der Waals surface area contributed by atoms with Gasteiger partial charge in [-0.25, -0.2) is 9.38 Å². The molecule has 1 saturated carbocycles. The van der Waals surface area contributed by atoms with E-state index in [0.29, 0.717) is 30.8 Å². The van der Waals surface area contributed by atoms with Crippen LogP contribution in [0.4, 0.5) is 4.39 Å². The highest BCUT2D eigenvalue weighted by Crippen LogP contribution is 2.30. The summed E-state index contributed by atoms with van der Waals surface area (Å²) in [7, 11) is 0. The molecule has 7 heteroatoms. The molecule has 0 spiro atoms. The molecule has 0 bridgehead atoms. The predicted molar refractivity (Wildman–Crippen MR) is 99.6 cm³/mol. The van der Waals surface area contributed by atoms with Gasteiger partial charge in [0.1, 0.15) is 0 Å². The summed E-state index contributed by atoms with van der Waals surface area (Å²) in [4.78, 5) is 4.52. The standard InChI is InChI=1S/C19H26FN5O/c1-3-21-19(22-11-16-8-9-23-25-16)24-13(2)15-6-7-18(17(20)10-15)26-12-14-4-5-14/h6-10,13-14H,3-5,11-12H2,1-2H3,(H,23,25)(H2,21,22,24). The van der Waals surface area contributed by atoms with E-state index in [9.17, 15) is 4.39 Å². The molecule has 1 unspecified atom stereocenters. The summed E-state index contributed by atoms with van der Waals surface area (Å²) in [5.74, 6) is 1.27. The number of H-pyrrole nitrogens is 1. The van der Waals surface area contributed by atoms with Gasteiger partial charge in [-0.05, 0) is 56.4 Å². The number of ether oxygens (including phenoxy) is 1. The van der Waals surface area contributed by atoms with Crippen LogP contribution in [-0.2, 0) is 6.54 Å². The topological polar surface area (TPSA) is 74.3 Å². The number of nitrogens with one attached hydrogen (secondary N) is 3. The highest BCUT2D eigenvalue weighted by molar-refractivity contribution is 5.80. The Hall–Kier alpha value is -2.57.